The first-order valence-corrected chi connectivity index (χ1v) is 6.88. The summed E-state index contributed by atoms with van der Waals surface area (Å²) >= 11 is 1.48. The zero-order valence-corrected chi connectivity index (χ0v) is 11.5. The number of aliphatic carboxylic acids is 1. The van der Waals surface area contributed by atoms with Crippen LogP contribution < -0.4 is 5.32 Å². The minimum absolute atomic E-state index is 0.161. The highest BCUT2D eigenvalue weighted by molar-refractivity contribution is 7.17. The fourth-order valence-corrected chi connectivity index (χ4v) is 2.83. The highest BCUT2D eigenvalue weighted by atomic mass is 32.1. The molecule has 1 aromatic carbocycles. The third-order valence-corrected chi connectivity index (χ3v) is 3.91. The number of carboxylic acid groups (broad SMARTS) is 1. The van der Waals surface area contributed by atoms with Crippen molar-refractivity contribution >= 4 is 33.3 Å². The highest BCUT2D eigenvalue weighted by Gasteiger charge is 2.24. The molecular formula is C14H15NO3S. The van der Waals surface area contributed by atoms with E-state index in [1.807, 2.05) is 24.3 Å². The first kappa shape index (κ1) is 13.5. The molecule has 1 unspecified atom stereocenters. The number of carbonyl (C=O) groups excluding carboxylic acids is 1. The fraction of sp³-hybridized carbons (Fsp3) is 0.286. The number of rotatable bonds is 4. The standard InChI is InChI=1S/C14H15NO3S/c1-8(2)12(14(17)18)15-13(16)10-7-19-11-6-4-3-5-9(10)11/h3-8,12H,1-2H3,(H,15,16)(H,17,18). The molecule has 2 aromatic rings. The van der Waals surface area contributed by atoms with E-state index in [2.05, 4.69) is 5.32 Å². The Morgan fingerprint density at radius 1 is 1.26 bits per heavy atom. The molecule has 5 heteroatoms. The Morgan fingerprint density at radius 3 is 2.58 bits per heavy atom. The van der Waals surface area contributed by atoms with Crippen molar-refractivity contribution in [3.05, 3.63) is 35.2 Å². The molecule has 100 valence electrons. The van der Waals surface area contributed by atoms with Crippen LogP contribution in [-0.4, -0.2) is 23.0 Å². The lowest BCUT2D eigenvalue weighted by atomic mass is 10.0. The van der Waals surface area contributed by atoms with Gasteiger partial charge < -0.3 is 10.4 Å². The van der Waals surface area contributed by atoms with Gasteiger partial charge in [0.2, 0.25) is 0 Å². The number of thiophene rings is 1. The molecule has 1 heterocycles. The Balaban J connectivity index is 2.27. The van der Waals surface area contributed by atoms with Crippen LogP contribution in [0.1, 0.15) is 24.2 Å². The smallest absolute Gasteiger partial charge is 0.326 e. The van der Waals surface area contributed by atoms with Crippen molar-refractivity contribution in [1.82, 2.24) is 5.32 Å². The number of carboxylic acids is 1. The van der Waals surface area contributed by atoms with Crippen molar-refractivity contribution < 1.29 is 14.7 Å². The molecule has 1 atom stereocenters. The lowest BCUT2D eigenvalue weighted by Gasteiger charge is -2.17. The molecule has 1 amide bonds. The van der Waals surface area contributed by atoms with Crippen molar-refractivity contribution in [2.45, 2.75) is 19.9 Å². The van der Waals surface area contributed by atoms with Crippen molar-refractivity contribution in [3.63, 3.8) is 0 Å². The van der Waals surface area contributed by atoms with E-state index in [1.54, 1.807) is 19.2 Å². The van der Waals surface area contributed by atoms with Gasteiger partial charge >= 0.3 is 5.97 Å². The maximum Gasteiger partial charge on any atom is 0.326 e. The topological polar surface area (TPSA) is 66.4 Å². The van der Waals surface area contributed by atoms with Crippen molar-refractivity contribution in [3.8, 4) is 0 Å². The molecule has 0 radical (unpaired) electrons. The molecule has 0 saturated carbocycles. The van der Waals surface area contributed by atoms with E-state index in [0.717, 1.165) is 10.1 Å². The summed E-state index contributed by atoms with van der Waals surface area (Å²) in [7, 11) is 0. The number of nitrogens with one attached hydrogen (secondary N) is 1. The van der Waals surface area contributed by atoms with Crippen molar-refractivity contribution in [2.24, 2.45) is 5.92 Å². The van der Waals surface area contributed by atoms with Crippen LogP contribution in [0.25, 0.3) is 10.1 Å². The average Bonchev–Trinajstić information content (AvgIpc) is 2.78. The number of hydrogen-bond acceptors (Lipinski definition) is 3. The van der Waals surface area contributed by atoms with Gasteiger partial charge in [0, 0.05) is 15.5 Å². The van der Waals surface area contributed by atoms with Crippen LogP contribution in [0.5, 0.6) is 0 Å². The zero-order chi connectivity index (χ0) is 14.0. The van der Waals surface area contributed by atoms with Gasteiger partial charge in [-0.1, -0.05) is 32.0 Å². The first-order chi connectivity index (χ1) is 9.00. The lowest BCUT2D eigenvalue weighted by Crippen LogP contribution is -2.44. The summed E-state index contributed by atoms with van der Waals surface area (Å²) in [5.41, 5.74) is 0.535. The minimum atomic E-state index is -1.01. The highest BCUT2D eigenvalue weighted by Crippen LogP contribution is 2.25. The first-order valence-electron chi connectivity index (χ1n) is 6.00. The van der Waals surface area contributed by atoms with E-state index >= 15 is 0 Å². The predicted molar refractivity (Wildman–Crippen MR) is 75.6 cm³/mol. The van der Waals surface area contributed by atoms with Gasteiger partial charge in [-0.15, -0.1) is 11.3 Å². The van der Waals surface area contributed by atoms with Gasteiger partial charge in [-0.25, -0.2) is 4.79 Å². The third kappa shape index (κ3) is 2.76. The maximum absolute atomic E-state index is 12.2. The second-order valence-electron chi connectivity index (χ2n) is 4.68. The third-order valence-electron chi connectivity index (χ3n) is 2.94. The van der Waals surface area contributed by atoms with Crippen LogP contribution >= 0.6 is 11.3 Å². The summed E-state index contributed by atoms with van der Waals surface area (Å²) in [6, 6.07) is 6.71. The normalized spacial score (nSPS) is 12.6. The van der Waals surface area contributed by atoms with Crippen molar-refractivity contribution in [1.29, 1.82) is 0 Å². The van der Waals surface area contributed by atoms with Gasteiger partial charge in [-0.3, -0.25) is 4.79 Å². The predicted octanol–water partition coefficient (Wildman–Crippen LogP) is 2.74. The number of benzene rings is 1. The Morgan fingerprint density at radius 2 is 1.95 bits per heavy atom. The average molecular weight is 277 g/mol. The molecule has 0 bridgehead atoms. The SMILES string of the molecule is CC(C)C(NC(=O)c1csc2ccccc12)C(=O)O. The van der Waals surface area contributed by atoms with Gasteiger partial charge in [0.25, 0.3) is 5.91 Å². The Hall–Kier alpha value is -1.88. The summed E-state index contributed by atoms with van der Waals surface area (Å²) in [5.74, 6) is -1.51. The molecule has 0 aliphatic rings. The maximum atomic E-state index is 12.2. The zero-order valence-electron chi connectivity index (χ0n) is 10.7. The van der Waals surface area contributed by atoms with Gasteiger partial charge in [0.15, 0.2) is 0 Å². The molecule has 1 aromatic heterocycles. The van der Waals surface area contributed by atoms with Gasteiger partial charge in [0.05, 0.1) is 5.56 Å². The summed E-state index contributed by atoms with van der Waals surface area (Å²) in [4.78, 5) is 23.3. The van der Waals surface area contributed by atoms with E-state index < -0.39 is 12.0 Å². The molecule has 19 heavy (non-hydrogen) atoms. The Bertz CT molecular complexity index is 618. The summed E-state index contributed by atoms with van der Waals surface area (Å²) < 4.78 is 1.02. The summed E-state index contributed by atoms with van der Waals surface area (Å²) in [6.07, 6.45) is 0. The molecule has 0 fully saturated rings. The minimum Gasteiger partial charge on any atom is -0.480 e. The second-order valence-corrected chi connectivity index (χ2v) is 5.59. The van der Waals surface area contributed by atoms with Crippen LogP contribution in [0.4, 0.5) is 0 Å². The fourth-order valence-electron chi connectivity index (χ4n) is 1.89. The molecule has 0 aliphatic heterocycles. The Labute approximate surface area is 115 Å². The van der Waals surface area contributed by atoms with E-state index in [1.165, 1.54) is 11.3 Å². The summed E-state index contributed by atoms with van der Waals surface area (Å²) in [6.45, 7) is 3.54. The molecule has 4 nitrogen and oxygen atoms in total. The quantitative estimate of drug-likeness (QED) is 0.903. The number of hydrogen-bond donors (Lipinski definition) is 2. The Kier molecular flexibility index (Phi) is 3.85. The number of amides is 1. The van der Waals surface area contributed by atoms with Gasteiger partial charge in [0.1, 0.15) is 6.04 Å². The van der Waals surface area contributed by atoms with Crippen LogP contribution in [0.15, 0.2) is 29.6 Å². The van der Waals surface area contributed by atoms with Crippen LogP contribution in [-0.2, 0) is 4.79 Å². The van der Waals surface area contributed by atoms with Crippen molar-refractivity contribution in [2.75, 3.05) is 0 Å². The monoisotopic (exact) mass is 277 g/mol. The molecule has 2 rings (SSSR count). The lowest BCUT2D eigenvalue weighted by molar-refractivity contribution is -0.140. The van der Waals surface area contributed by atoms with Crippen LogP contribution in [0.2, 0.25) is 0 Å². The number of carbonyl (C=O) groups is 2. The van der Waals surface area contributed by atoms with E-state index in [0.29, 0.717) is 5.56 Å². The molecule has 0 aliphatic carbocycles. The molecule has 0 saturated heterocycles. The summed E-state index contributed by atoms with van der Waals surface area (Å²) in [5, 5.41) is 14.3. The van der Waals surface area contributed by atoms with Gasteiger partial charge in [-0.2, -0.15) is 0 Å². The largest absolute Gasteiger partial charge is 0.480 e. The van der Waals surface area contributed by atoms with E-state index in [4.69, 9.17) is 5.11 Å². The molecular weight excluding hydrogens is 262 g/mol. The van der Waals surface area contributed by atoms with Crippen LogP contribution in [0, 0.1) is 5.92 Å². The van der Waals surface area contributed by atoms with E-state index in [9.17, 15) is 9.59 Å². The van der Waals surface area contributed by atoms with Gasteiger partial charge in [-0.05, 0) is 12.0 Å². The molecule has 2 N–H and O–H groups in total. The van der Waals surface area contributed by atoms with E-state index in [-0.39, 0.29) is 11.8 Å². The second kappa shape index (κ2) is 5.40. The number of fused-ring (bicyclic) bond motifs is 1. The molecule has 0 spiro atoms. The van der Waals surface area contributed by atoms with Crippen LogP contribution in [0.3, 0.4) is 0 Å².